The summed E-state index contributed by atoms with van der Waals surface area (Å²) in [6, 6.07) is 0. The molecule has 3 N–H and O–H groups in total. The molecule has 0 aliphatic rings. The summed E-state index contributed by atoms with van der Waals surface area (Å²) in [6.07, 6.45) is 13.8. The second kappa shape index (κ2) is 14.3. The molecule has 25 heavy (non-hydrogen) atoms. The van der Waals surface area contributed by atoms with Gasteiger partial charge in [0.05, 0.1) is 6.10 Å². The monoisotopic (exact) mass is 378 g/mol. The third-order valence-electron chi connectivity index (χ3n) is 4.19. The maximum atomic E-state index is 10.9. The molecule has 0 fully saturated rings. The highest BCUT2D eigenvalue weighted by Crippen LogP contribution is 2.13. The summed E-state index contributed by atoms with van der Waals surface area (Å²) in [5, 5.41) is 16.9. The minimum Gasteiger partial charge on any atom is -0.480 e. The van der Waals surface area contributed by atoms with E-state index in [9.17, 15) is 18.3 Å². The van der Waals surface area contributed by atoms with Crippen LogP contribution in [0.2, 0.25) is 0 Å². The Morgan fingerprint density at radius 3 is 2.16 bits per heavy atom. The van der Waals surface area contributed by atoms with E-state index in [-0.39, 0.29) is 12.5 Å². The zero-order valence-corrected chi connectivity index (χ0v) is 16.1. The van der Waals surface area contributed by atoms with E-state index in [0.717, 1.165) is 38.5 Å². The number of hydrogen-bond acceptors (Lipinski definition) is 4. The molecular formula is C18H34O6S. The Bertz CT molecular complexity index is 472. The molecule has 1 unspecified atom stereocenters. The van der Waals surface area contributed by atoms with Gasteiger partial charge in [-0.15, -0.1) is 0 Å². The van der Waals surface area contributed by atoms with Crippen LogP contribution in [0, 0.1) is 0 Å². The van der Waals surface area contributed by atoms with Gasteiger partial charge in [0.15, 0.2) is 5.25 Å². The number of carboxylic acid groups (broad SMARTS) is 1. The Morgan fingerprint density at radius 1 is 0.960 bits per heavy atom. The molecule has 0 saturated carbocycles. The largest absolute Gasteiger partial charge is 0.480 e. The number of aliphatic hydroxyl groups excluding tert-OH is 1. The lowest BCUT2D eigenvalue weighted by atomic mass is 10.1. The Balaban J connectivity index is 3.64. The van der Waals surface area contributed by atoms with E-state index in [2.05, 4.69) is 6.92 Å². The lowest BCUT2D eigenvalue weighted by Crippen LogP contribution is -2.29. The quantitative estimate of drug-likeness (QED) is 0.213. The molecule has 0 rings (SSSR count). The summed E-state index contributed by atoms with van der Waals surface area (Å²) in [7, 11) is -4.52. The summed E-state index contributed by atoms with van der Waals surface area (Å²) in [5.41, 5.74) is 0. The molecule has 0 spiro atoms. The molecule has 0 heterocycles. The second-order valence-electron chi connectivity index (χ2n) is 6.54. The first-order chi connectivity index (χ1) is 11.8. The van der Waals surface area contributed by atoms with Gasteiger partial charge in [-0.3, -0.25) is 9.35 Å². The van der Waals surface area contributed by atoms with E-state index in [1.807, 2.05) is 12.2 Å². The molecule has 0 aromatic carbocycles. The first-order valence-electron chi connectivity index (χ1n) is 9.31. The maximum Gasteiger partial charge on any atom is 0.324 e. The molecule has 0 aliphatic heterocycles. The molecule has 0 radical (unpaired) electrons. The summed E-state index contributed by atoms with van der Waals surface area (Å²) in [4.78, 5) is 10.8. The molecule has 2 atom stereocenters. The lowest BCUT2D eigenvalue weighted by molar-refractivity contribution is -0.136. The van der Waals surface area contributed by atoms with Crippen LogP contribution >= 0.6 is 0 Å². The van der Waals surface area contributed by atoms with Gasteiger partial charge in [0.2, 0.25) is 0 Å². The van der Waals surface area contributed by atoms with Crippen molar-refractivity contribution < 1.29 is 28.0 Å². The van der Waals surface area contributed by atoms with Crippen LogP contribution in [0.1, 0.15) is 84.0 Å². The van der Waals surface area contributed by atoms with Crippen LogP contribution < -0.4 is 0 Å². The average Bonchev–Trinajstić information content (AvgIpc) is 2.51. The van der Waals surface area contributed by atoms with Gasteiger partial charge in [0.25, 0.3) is 10.1 Å². The Kier molecular flexibility index (Phi) is 13.7. The fraction of sp³-hybridized carbons (Fsp3) is 0.833. The van der Waals surface area contributed by atoms with E-state index in [1.165, 1.54) is 19.3 Å². The first kappa shape index (κ1) is 24.1. The summed E-state index contributed by atoms with van der Waals surface area (Å²) in [5.74, 6) is -1.50. The molecular weight excluding hydrogens is 344 g/mol. The Morgan fingerprint density at radius 2 is 1.56 bits per heavy atom. The Hall–Kier alpha value is -0.920. The van der Waals surface area contributed by atoms with Crippen molar-refractivity contribution in [3.8, 4) is 0 Å². The average molecular weight is 379 g/mol. The Labute approximate surface area is 152 Å². The lowest BCUT2D eigenvalue weighted by Gasteiger charge is -2.08. The number of hydrogen-bond donors (Lipinski definition) is 3. The number of carbonyl (C=O) groups is 1. The number of unbranched alkanes of at least 4 members (excludes halogenated alkanes) is 7. The third kappa shape index (κ3) is 14.0. The predicted octanol–water partition coefficient (Wildman–Crippen LogP) is 3.95. The van der Waals surface area contributed by atoms with Gasteiger partial charge < -0.3 is 10.2 Å². The third-order valence-corrected chi connectivity index (χ3v) is 5.34. The van der Waals surface area contributed by atoms with E-state index >= 15 is 0 Å². The molecule has 0 saturated heterocycles. The van der Waals surface area contributed by atoms with Gasteiger partial charge in [-0.1, -0.05) is 64.0 Å². The molecule has 0 aromatic rings. The SMILES string of the molecule is CCCCCC[C@@H](O)C/C=C\CCCCCCC(C(=O)O)S(=O)(=O)O. The molecule has 148 valence electrons. The number of allylic oxidation sites excluding steroid dienone is 1. The zero-order chi connectivity index (χ0) is 19.1. The van der Waals surface area contributed by atoms with Crippen molar-refractivity contribution >= 4 is 16.1 Å². The molecule has 0 aliphatic carbocycles. The predicted molar refractivity (Wildman–Crippen MR) is 99.2 cm³/mol. The second-order valence-corrected chi connectivity index (χ2v) is 8.14. The van der Waals surface area contributed by atoms with E-state index in [4.69, 9.17) is 9.66 Å². The number of carboxylic acids is 1. The van der Waals surface area contributed by atoms with Crippen LogP contribution in [-0.4, -0.2) is 40.5 Å². The van der Waals surface area contributed by atoms with E-state index < -0.39 is 21.3 Å². The molecule has 0 aromatic heterocycles. The molecule has 0 amide bonds. The standard InChI is InChI=1S/C18H34O6S/c1-2-3-4-10-13-16(19)14-11-8-6-5-7-9-12-15-17(18(20)21)25(22,23)24/h8,11,16-17,19H,2-7,9-10,12-15H2,1H3,(H,20,21)(H,22,23,24)/b11-8-/t16-,17?/m1/s1. The van der Waals surface area contributed by atoms with Crippen LogP contribution in [0.5, 0.6) is 0 Å². The minimum absolute atomic E-state index is 0.0613. The normalized spacial score (nSPS) is 14.7. The molecule has 6 nitrogen and oxygen atoms in total. The summed E-state index contributed by atoms with van der Waals surface area (Å²) in [6.45, 7) is 2.16. The molecule has 7 heteroatoms. The van der Waals surface area contributed by atoms with Crippen LogP contribution in [0.4, 0.5) is 0 Å². The fourth-order valence-corrected chi connectivity index (χ4v) is 3.36. The summed E-state index contributed by atoms with van der Waals surface area (Å²) >= 11 is 0. The maximum absolute atomic E-state index is 10.9. The van der Waals surface area contributed by atoms with Crippen molar-refractivity contribution in [2.75, 3.05) is 0 Å². The first-order valence-corrected chi connectivity index (χ1v) is 10.8. The van der Waals surface area contributed by atoms with Gasteiger partial charge in [-0.25, -0.2) is 0 Å². The van der Waals surface area contributed by atoms with Crippen molar-refractivity contribution in [3.05, 3.63) is 12.2 Å². The zero-order valence-electron chi connectivity index (χ0n) is 15.3. The highest BCUT2D eigenvalue weighted by Gasteiger charge is 2.29. The minimum atomic E-state index is -4.52. The van der Waals surface area contributed by atoms with Crippen LogP contribution in [0.15, 0.2) is 12.2 Å². The van der Waals surface area contributed by atoms with Gasteiger partial charge in [0, 0.05) is 0 Å². The van der Waals surface area contributed by atoms with Crippen molar-refractivity contribution in [3.63, 3.8) is 0 Å². The van der Waals surface area contributed by atoms with Gasteiger partial charge >= 0.3 is 5.97 Å². The number of aliphatic hydroxyl groups is 1. The highest BCUT2D eigenvalue weighted by molar-refractivity contribution is 7.87. The van der Waals surface area contributed by atoms with Crippen LogP contribution in [0.3, 0.4) is 0 Å². The fourth-order valence-electron chi connectivity index (χ4n) is 2.64. The van der Waals surface area contributed by atoms with Crippen molar-refractivity contribution in [2.45, 2.75) is 95.3 Å². The van der Waals surface area contributed by atoms with E-state index in [1.54, 1.807) is 0 Å². The number of aliphatic carboxylic acids is 1. The van der Waals surface area contributed by atoms with Crippen LogP contribution in [0.25, 0.3) is 0 Å². The summed E-state index contributed by atoms with van der Waals surface area (Å²) < 4.78 is 30.7. The van der Waals surface area contributed by atoms with Gasteiger partial charge in [0.1, 0.15) is 0 Å². The highest BCUT2D eigenvalue weighted by atomic mass is 32.2. The topological polar surface area (TPSA) is 112 Å². The number of rotatable bonds is 16. The smallest absolute Gasteiger partial charge is 0.324 e. The van der Waals surface area contributed by atoms with Gasteiger partial charge in [-0.2, -0.15) is 8.42 Å². The van der Waals surface area contributed by atoms with E-state index in [0.29, 0.717) is 12.8 Å². The van der Waals surface area contributed by atoms with Crippen LogP contribution in [-0.2, 0) is 14.9 Å². The van der Waals surface area contributed by atoms with Crippen molar-refractivity contribution in [2.24, 2.45) is 0 Å². The molecule has 0 bridgehead atoms. The van der Waals surface area contributed by atoms with Crippen molar-refractivity contribution in [1.82, 2.24) is 0 Å². The van der Waals surface area contributed by atoms with Crippen molar-refractivity contribution in [1.29, 1.82) is 0 Å². The van der Waals surface area contributed by atoms with Gasteiger partial charge in [-0.05, 0) is 32.1 Å².